The standard InChI is InChI=1S/C50H72O28/c1-7-23-25(14-32(53)69-13-12-21(3)10-9-11-22(4)43(64)76-48-40(61)37(58)34(55)29(16-51)73-48)27(44(65)67-5)18-72-47(23)78-50-42(63)39(60)36(57)31(75-50)20-70-33(54)15-26-24(8-2)46(71-19-28(26)45(66)68-6)77-49-41(62)38(59)35(56)30(17-52)74-49/h7-8,11,18-19,21,25-26,29-31,34-42,46-52,55-63H,9-10,12-17,20H2,1-6H3. The molecule has 5 aliphatic rings. The molecule has 0 aromatic carbocycles. The van der Waals surface area contributed by atoms with E-state index in [0.717, 1.165) is 26.7 Å². The Morgan fingerprint density at radius 1 is 0.590 bits per heavy atom. The molecule has 3 fully saturated rings. The third-order valence-electron chi connectivity index (χ3n) is 13.8. The van der Waals surface area contributed by atoms with Gasteiger partial charge in [0.05, 0.1) is 70.6 Å². The Hall–Kier alpha value is -4.99. The lowest BCUT2D eigenvalue weighted by atomic mass is 9.86. The number of allylic oxidation sites excluding steroid dienone is 3. The van der Waals surface area contributed by atoms with Crippen LogP contribution in [0.15, 0.2) is 58.6 Å². The van der Waals surface area contributed by atoms with Crippen LogP contribution in [0.4, 0.5) is 0 Å². The van der Waals surface area contributed by atoms with Crippen LogP contribution in [0.3, 0.4) is 0 Å². The van der Waals surface area contributed by atoms with Crippen LogP contribution in [0, 0.1) is 17.8 Å². The van der Waals surface area contributed by atoms with Gasteiger partial charge in [0, 0.05) is 28.6 Å². The van der Waals surface area contributed by atoms with E-state index in [2.05, 4.69) is 0 Å². The molecule has 0 aromatic heterocycles. The first-order valence-electron chi connectivity index (χ1n) is 25.1. The maximum Gasteiger partial charge on any atom is 0.337 e. The largest absolute Gasteiger partial charge is 0.468 e. The van der Waals surface area contributed by atoms with E-state index in [0.29, 0.717) is 19.3 Å². The Morgan fingerprint density at radius 2 is 1.01 bits per heavy atom. The first-order chi connectivity index (χ1) is 37.0. The van der Waals surface area contributed by atoms with E-state index in [9.17, 15) is 80.1 Å². The van der Waals surface area contributed by atoms with Crippen molar-refractivity contribution in [3.8, 4) is 0 Å². The topological polar surface area (TPSA) is 419 Å². The highest BCUT2D eigenvalue weighted by atomic mass is 16.8. The highest BCUT2D eigenvalue weighted by Crippen LogP contribution is 2.39. The fraction of sp³-hybridized carbons (Fsp3) is 0.700. The summed E-state index contributed by atoms with van der Waals surface area (Å²) in [6.45, 7) is 4.14. The molecule has 0 saturated carbocycles. The molecule has 11 N–H and O–H groups in total. The minimum absolute atomic E-state index is 0.0395. The van der Waals surface area contributed by atoms with E-state index in [1.54, 1.807) is 13.0 Å². The molecule has 0 radical (unpaired) electrons. The van der Waals surface area contributed by atoms with Gasteiger partial charge in [0.2, 0.25) is 18.9 Å². The molecule has 0 aromatic rings. The van der Waals surface area contributed by atoms with Crippen LogP contribution in [0.5, 0.6) is 0 Å². The van der Waals surface area contributed by atoms with E-state index >= 15 is 0 Å². The summed E-state index contributed by atoms with van der Waals surface area (Å²) in [4.78, 5) is 65.3. The molecular formula is C50H72O28. The Labute approximate surface area is 447 Å². The summed E-state index contributed by atoms with van der Waals surface area (Å²) in [6, 6.07) is 0. The summed E-state index contributed by atoms with van der Waals surface area (Å²) >= 11 is 0. The van der Waals surface area contributed by atoms with Crippen molar-refractivity contribution < 1.29 is 137 Å². The van der Waals surface area contributed by atoms with Gasteiger partial charge in [0.1, 0.15) is 79.9 Å². The van der Waals surface area contributed by atoms with Gasteiger partial charge in [-0.15, -0.1) is 0 Å². The second kappa shape index (κ2) is 29.5. The molecule has 0 aliphatic carbocycles. The number of aliphatic hydroxyl groups excluding tert-OH is 11. The SMILES string of the molecule is CC=C1C(OC2OC(CO)C(O)C(O)C2O)OC=C(C(=O)OC)C1CC(=O)OCC1OC(OC2OC=C(C(=O)OC)C(CC(=O)OCCC(C)CCC=C(C)C(=O)OC3OC(CO)C(O)C(O)C3O)C2=CC)C(O)C(O)C1O. The zero-order valence-electron chi connectivity index (χ0n) is 43.7. The summed E-state index contributed by atoms with van der Waals surface area (Å²) in [5.41, 5.74) is 0.155. The van der Waals surface area contributed by atoms with Gasteiger partial charge in [-0.05, 0) is 46.0 Å². The second-order valence-electron chi connectivity index (χ2n) is 19.0. The molecule has 20 atom stereocenters. The van der Waals surface area contributed by atoms with Crippen LogP contribution in [0.2, 0.25) is 0 Å². The number of hydrogen-bond donors (Lipinski definition) is 11. The third-order valence-corrected chi connectivity index (χ3v) is 13.8. The highest BCUT2D eigenvalue weighted by Gasteiger charge is 2.50. The number of aliphatic hydroxyl groups is 11. The number of esters is 5. The molecule has 0 spiro atoms. The van der Waals surface area contributed by atoms with Gasteiger partial charge in [-0.1, -0.05) is 25.2 Å². The smallest absolute Gasteiger partial charge is 0.337 e. The predicted molar refractivity (Wildman–Crippen MR) is 255 cm³/mol. The van der Waals surface area contributed by atoms with Crippen molar-refractivity contribution in [2.45, 2.75) is 164 Å². The van der Waals surface area contributed by atoms with Gasteiger partial charge in [-0.25, -0.2) is 14.4 Å². The molecule has 5 heterocycles. The normalized spacial score (nSPS) is 36.7. The Bertz CT molecular complexity index is 2210. The number of methoxy groups -OCH3 is 2. The van der Waals surface area contributed by atoms with Crippen LogP contribution >= 0.6 is 0 Å². The van der Waals surface area contributed by atoms with Crippen LogP contribution < -0.4 is 0 Å². The minimum Gasteiger partial charge on any atom is -0.468 e. The molecule has 440 valence electrons. The molecule has 3 saturated heterocycles. The van der Waals surface area contributed by atoms with E-state index in [4.69, 9.17) is 56.8 Å². The summed E-state index contributed by atoms with van der Waals surface area (Å²) in [6.07, 6.45) is -21.7. The van der Waals surface area contributed by atoms with Gasteiger partial charge in [0.15, 0.2) is 12.6 Å². The van der Waals surface area contributed by atoms with E-state index in [1.807, 2.05) is 6.92 Å². The molecule has 0 bridgehead atoms. The van der Waals surface area contributed by atoms with Gasteiger partial charge >= 0.3 is 29.8 Å². The predicted octanol–water partition coefficient (Wildman–Crippen LogP) is -3.46. The number of hydrogen-bond acceptors (Lipinski definition) is 28. The zero-order chi connectivity index (χ0) is 57.7. The maximum absolute atomic E-state index is 13.5. The quantitative estimate of drug-likeness (QED) is 0.0217. The van der Waals surface area contributed by atoms with Crippen molar-refractivity contribution in [1.29, 1.82) is 0 Å². The molecular weight excluding hydrogens is 1050 g/mol. The summed E-state index contributed by atoms with van der Waals surface area (Å²) < 4.78 is 65.4. The van der Waals surface area contributed by atoms with Crippen LogP contribution in [-0.4, -0.2) is 231 Å². The van der Waals surface area contributed by atoms with Gasteiger partial charge in [-0.3, -0.25) is 9.59 Å². The van der Waals surface area contributed by atoms with Gasteiger partial charge < -0.3 is 113 Å². The first kappa shape index (κ1) is 63.8. The molecule has 0 amide bonds. The Kier molecular flexibility index (Phi) is 24.1. The van der Waals surface area contributed by atoms with Crippen molar-refractivity contribution in [1.82, 2.24) is 0 Å². The van der Waals surface area contributed by atoms with Crippen molar-refractivity contribution in [3.05, 3.63) is 58.6 Å². The van der Waals surface area contributed by atoms with Gasteiger partial charge in [0.25, 0.3) is 0 Å². The monoisotopic (exact) mass is 1120 g/mol. The van der Waals surface area contributed by atoms with Crippen LogP contribution in [-0.2, 0) is 80.8 Å². The molecule has 20 unspecified atom stereocenters. The first-order valence-corrected chi connectivity index (χ1v) is 25.1. The second-order valence-corrected chi connectivity index (χ2v) is 19.0. The van der Waals surface area contributed by atoms with Crippen LogP contribution in [0.25, 0.3) is 0 Å². The van der Waals surface area contributed by atoms with Crippen LogP contribution in [0.1, 0.15) is 59.8 Å². The average Bonchev–Trinajstić information content (AvgIpc) is 3.42. The minimum atomic E-state index is -1.96. The number of ether oxygens (including phenoxy) is 12. The fourth-order valence-corrected chi connectivity index (χ4v) is 9.01. The molecule has 28 nitrogen and oxygen atoms in total. The number of rotatable bonds is 22. The van der Waals surface area contributed by atoms with E-state index in [1.165, 1.54) is 26.0 Å². The molecule has 78 heavy (non-hydrogen) atoms. The zero-order valence-corrected chi connectivity index (χ0v) is 43.7. The van der Waals surface area contributed by atoms with Crippen molar-refractivity contribution in [3.63, 3.8) is 0 Å². The van der Waals surface area contributed by atoms with E-state index in [-0.39, 0.29) is 40.4 Å². The fourth-order valence-electron chi connectivity index (χ4n) is 9.01. The van der Waals surface area contributed by atoms with Crippen molar-refractivity contribution in [2.24, 2.45) is 17.8 Å². The molecule has 5 aliphatic heterocycles. The van der Waals surface area contributed by atoms with E-state index < -0.39 is 179 Å². The number of carbonyl (C=O) groups is 5. The third kappa shape index (κ3) is 15.5. The van der Waals surface area contributed by atoms with Crippen molar-refractivity contribution in [2.75, 3.05) is 40.6 Å². The average molecular weight is 1120 g/mol. The summed E-state index contributed by atoms with van der Waals surface area (Å²) in [7, 11) is 2.19. The molecule has 28 heteroatoms. The highest BCUT2D eigenvalue weighted by molar-refractivity contribution is 5.91. The summed E-state index contributed by atoms with van der Waals surface area (Å²) in [5.74, 6) is -6.67. The Balaban J connectivity index is 1.16. The lowest BCUT2D eigenvalue weighted by molar-refractivity contribution is -0.328. The lowest BCUT2D eigenvalue weighted by Gasteiger charge is -2.42. The van der Waals surface area contributed by atoms with Crippen molar-refractivity contribution >= 4 is 29.8 Å². The maximum atomic E-state index is 13.5. The lowest BCUT2D eigenvalue weighted by Crippen LogP contribution is -2.60. The number of carbonyl (C=O) groups excluding carboxylic acids is 5. The van der Waals surface area contributed by atoms with Gasteiger partial charge in [-0.2, -0.15) is 0 Å². The summed E-state index contributed by atoms with van der Waals surface area (Å²) in [5, 5.41) is 113. The Morgan fingerprint density at radius 3 is 1.46 bits per heavy atom. The molecule has 5 rings (SSSR count).